The molecule has 0 heterocycles. The van der Waals surface area contributed by atoms with Crippen molar-refractivity contribution < 1.29 is 9.53 Å². The molecular formula is C13H26N2O2. The van der Waals surface area contributed by atoms with E-state index in [4.69, 9.17) is 4.74 Å². The highest BCUT2D eigenvalue weighted by Crippen LogP contribution is 2.32. The van der Waals surface area contributed by atoms with Gasteiger partial charge in [0.25, 0.3) is 0 Å². The van der Waals surface area contributed by atoms with Crippen LogP contribution in [0.1, 0.15) is 32.6 Å². The van der Waals surface area contributed by atoms with Gasteiger partial charge in [0.05, 0.1) is 7.11 Å². The molecule has 1 saturated carbocycles. The third-order valence-electron chi connectivity index (χ3n) is 3.73. The lowest BCUT2D eigenvalue weighted by molar-refractivity contribution is -0.150. The second-order valence-corrected chi connectivity index (χ2v) is 5.49. The van der Waals surface area contributed by atoms with Crippen LogP contribution in [-0.2, 0) is 9.53 Å². The van der Waals surface area contributed by atoms with Crippen molar-refractivity contribution in [3.8, 4) is 0 Å². The largest absolute Gasteiger partial charge is 0.468 e. The van der Waals surface area contributed by atoms with Crippen molar-refractivity contribution in [3.05, 3.63) is 0 Å². The topological polar surface area (TPSA) is 41.6 Å². The molecule has 0 aromatic heterocycles. The standard InChI is InChI=1S/C13H26N2O2/c1-11-5-7-13(8-6-11,12(16)17-4)14-9-10-15(2)3/h11,14H,5-10H2,1-4H3. The number of carbonyl (C=O) groups is 1. The normalized spacial score (nSPS) is 29.4. The lowest BCUT2D eigenvalue weighted by atomic mass is 9.77. The first kappa shape index (κ1) is 14.5. The van der Waals surface area contributed by atoms with E-state index < -0.39 is 5.54 Å². The third kappa shape index (κ3) is 3.96. The number of hydrogen-bond donors (Lipinski definition) is 1. The maximum absolute atomic E-state index is 12.0. The zero-order valence-corrected chi connectivity index (χ0v) is 11.6. The van der Waals surface area contributed by atoms with Crippen LogP contribution in [0.5, 0.6) is 0 Å². The van der Waals surface area contributed by atoms with Gasteiger partial charge in [-0.25, -0.2) is 0 Å². The molecule has 1 N–H and O–H groups in total. The maximum Gasteiger partial charge on any atom is 0.326 e. The first-order chi connectivity index (χ1) is 8.00. The average Bonchev–Trinajstić information content (AvgIpc) is 2.30. The summed E-state index contributed by atoms with van der Waals surface area (Å²) >= 11 is 0. The van der Waals surface area contributed by atoms with Crippen LogP contribution >= 0.6 is 0 Å². The Kier molecular flexibility index (Phi) is 5.40. The number of rotatable bonds is 5. The molecule has 0 saturated heterocycles. The molecule has 0 aromatic rings. The van der Waals surface area contributed by atoms with Gasteiger partial charge in [-0.2, -0.15) is 0 Å². The monoisotopic (exact) mass is 242 g/mol. The molecule has 1 rings (SSSR count). The van der Waals surface area contributed by atoms with E-state index in [9.17, 15) is 4.79 Å². The molecule has 0 atom stereocenters. The molecule has 0 aromatic carbocycles. The molecule has 4 heteroatoms. The Morgan fingerprint density at radius 3 is 2.47 bits per heavy atom. The summed E-state index contributed by atoms with van der Waals surface area (Å²) in [5.74, 6) is 0.631. The number of likely N-dealkylation sites (N-methyl/N-ethyl adjacent to an activating group) is 1. The van der Waals surface area contributed by atoms with Crippen molar-refractivity contribution in [1.82, 2.24) is 10.2 Å². The molecule has 0 bridgehead atoms. The Balaban J connectivity index is 2.57. The summed E-state index contributed by atoms with van der Waals surface area (Å²) in [6.45, 7) is 4.02. The van der Waals surface area contributed by atoms with Gasteiger partial charge in [-0.1, -0.05) is 6.92 Å². The van der Waals surface area contributed by atoms with Crippen LogP contribution in [0.4, 0.5) is 0 Å². The molecule has 0 spiro atoms. The number of carbonyl (C=O) groups excluding carboxylic acids is 1. The second-order valence-electron chi connectivity index (χ2n) is 5.49. The highest BCUT2D eigenvalue weighted by molar-refractivity contribution is 5.80. The molecule has 0 unspecified atom stereocenters. The fourth-order valence-electron chi connectivity index (χ4n) is 2.42. The molecule has 0 aliphatic heterocycles. The first-order valence-corrected chi connectivity index (χ1v) is 6.48. The summed E-state index contributed by atoms with van der Waals surface area (Å²) in [5, 5.41) is 3.42. The van der Waals surface area contributed by atoms with Gasteiger partial charge in [-0.3, -0.25) is 4.79 Å². The highest BCUT2D eigenvalue weighted by atomic mass is 16.5. The molecule has 1 aliphatic carbocycles. The number of nitrogens with one attached hydrogen (secondary N) is 1. The summed E-state index contributed by atoms with van der Waals surface area (Å²) in [5.41, 5.74) is -0.433. The Morgan fingerprint density at radius 2 is 2.00 bits per heavy atom. The minimum atomic E-state index is -0.433. The van der Waals surface area contributed by atoms with Crippen molar-refractivity contribution >= 4 is 5.97 Å². The predicted octanol–water partition coefficient (Wildman–Crippen LogP) is 1.26. The highest BCUT2D eigenvalue weighted by Gasteiger charge is 2.41. The quantitative estimate of drug-likeness (QED) is 0.737. The summed E-state index contributed by atoms with van der Waals surface area (Å²) in [7, 11) is 5.56. The fraction of sp³-hybridized carbons (Fsp3) is 0.923. The van der Waals surface area contributed by atoms with E-state index in [1.807, 2.05) is 14.1 Å². The van der Waals surface area contributed by atoms with Crippen LogP contribution in [0.2, 0.25) is 0 Å². The van der Waals surface area contributed by atoms with Gasteiger partial charge in [0.2, 0.25) is 0 Å². The van der Waals surface area contributed by atoms with Crippen LogP contribution in [0.25, 0.3) is 0 Å². The smallest absolute Gasteiger partial charge is 0.326 e. The van der Waals surface area contributed by atoms with Gasteiger partial charge in [-0.15, -0.1) is 0 Å². The molecular weight excluding hydrogens is 216 g/mol. The Morgan fingerprint density at radius 1 is 1.41 bits per heavy atom. The van der Waals surface area contributed by atoms with E-state index >= 15 is 0 Å². The van der Waals surface area contributed by atoms with E-state index in [0.29, 0.717) is 0 Å². The van der Waals surface area contributed by atoms with Crippen LogP contribution in [-0.4, -0.2) is 50.7 Å². The predicted molar refractivity (Wildman–Crippen MR) is 68.9 cm³/mol. The fourth-order valence-corrected chi connectivity index (χ4v) is 2.42. The summed E-state index contributed by atoms with van der Waals surface area (Å²) in [4.78, 5) is 14.1. The molecule has 0 radical (unpaired) electrons. The number of hydrogen-bond acceptors (Lipinski definition) is 4. The van der Waals surface area contributed by atoms with Crippen molar-refractivity contribution in [2.45, 2.75) is 38.1 Å². The van der Waals surface area contributed by atoms with Gasteiger partial charge in [0.15, 0.2) is 0 Å². The second kappa shape index (κ2) is 6.36. The van der Waals surface area contributed by atoms with Crippen molar-refractivity contribution in [3.63, 3.8) is 0 Å². The van der Waals surface area contributed by atoms with Crippen molar-refractivity contribution in [2.75, 3.05) is 34.3 Å². The van der Waals surface area contributed by atoms with E-state index in [1.165, 1.54) is 7.11 Å². The Labute approximate surface area is 105 Å². The lowest BCUT2D eigenvalue weighted by Gasteiger charge is -2.38. The summed E-state index contributed by atoms with van der Waals surface area (Å²) in [6.07, 6.45) is 4.00. The van der Waals surface area contributed by atoms with Gasteiger partial charge >= 0.3 is 5.97 Å². The summed E-state index contributed by atoms with van der Waals surface area (Å²) in [6, 6.07) is 0. The average molecular weight is 242 g/mol. The zero-order chi connectivity index (χ0) is 12.9. The molecule has 1 aliphatic rings. The van der Waals surface area contributed by atoms with Gasteiger partial charge in [0.1, 0.15) is 5.54 Å². The lowest BCUT2D eigenvalue weighted by Crippen LogP contribution is -2.55. The third-order valence-corrected chi connectivity index (χ3v) is 3.73. The molecule has 100 valence electrons. The minimum Gasteiger partial charge on any atom is -0.468 e. The van der Waals surface area contributed by atoms with E-state index in [1.54, 1.807) is 0 Å². The van der Waals surface area contributed by atoms with Crippen LogP contribution < -0.4 is 5.32 Å². The van der Waals surface area contributed by atoms with Gasteiger partial charge in [-0.05, 0) is 45.7 Å². The van der Waals surface area contributed by atoms with Gasteiger partial charge < -0.3 is 15.0 Å². The molecule has 1 fully saturated rings. The summed E-state index contributed by atoms with van der Waals surface area (Å²) < 4.78 is 4.97. The maximum atomic E-state index is 12.0. The van der Waals surface area contributed by atoms with E-state index in [2.05, 4.69) is 17.1 Å². The Bertz CT molecular complexity index is 246. The zero-order valence-electron chi connectivity index (χ0n) is 11.6. The minimum absolute atomic E-state index is 0.0943. The van der Waals surface area contributed by atoms with Gasteiger partial charge in [0, 0.05) is 13.1 Å². The number of ether oxygens (including phenoxy) is 1. The number of methoxy groups -OCH3 is 1. The Hall–Kier alpha value is -0.610. The SMILES string of the molecule is COC(=O)C1(NCCN(C)C)CCC(C)CC1. The van der Waals surface area contributed by atoms with E-state index in [0.717, 1.165) is 44.7 Å². The van der Waals surface area contributed by atoms with Crippen LogP contribution in [0.3, 0.4) is 0 Å². The van der Waals surface area contributed by atoms with Crippen LogP contribution in [0.15, 0.2) is 0 Å². The molecule has 0 amide bonds. The van der Waals surface area contributed by atoms with Crippen LogP contribution in [0, 0.1) is 5.92 Å². The first-order valence-electron chi connectivity index (χ1n) is 6.48. The van der Waals surface area contributed by atoms with E-state index in [-0.39, 0.29) is 5.97 Å². The van der Waals surface area contributed by atoms with Crippen molar-refractivity contribution in [1.29, 1.82) is 0 Å². The molecule has 17 heavy (non-hydrogen) atoms. The molecule has 4 nitrogen and oxygen atoms in total. The number of esters is 1. The number of nitrogens with zero attached hydrogens (tertiary/aromatic N) is 1. The van der Waals surface area contributed by atoms with Crippen molar-refractivity contribution in [2.24, 2.45) is 5.92 Å².